The molecule has 0 spiro atoms. The summed E-state index contributed by atoms with van der Waals surface area (Å²) in [5.74, 6) is 0. The first-order valence-electron chi connectivity index (χ1n) is 5.84. The lowest BCUT2D eigenvalue weighted by molar-refractivity contribution is 0.00618. The Kier molecular flexibility index (Phi) is 4.49. The van der Waals surface area contributed by atoms with Gasteiger partial charge < -0.3 is 15.3 Å². The van der Waals surface area contributed by atoms with E-state index in [4.69, 9.17) is 5.11 Å². The normalized spacial score (nSPS) is 14.4. The third-order valence-electron chi connectivity index (χ3n) is 2.77. The molecule has 3 N–H and O–H groups in total. The van der Waals surface area contributed by atoms with Crippen LogP contribution in [0.3, 0.4) is 0 Å². The van der Waals surface area contributed by atoms with E-state index in [1.54, 1.807) is 0 Å². The quantitative estimate of drug-likeness (QED) is 0.776. The zero-order valence-corrected chi connectivity index (χ0v) is 10.7. The summed E-state index contributed by atoms with van der Waals surface area (Å²) < 4.78 is 0. The Hall–Kier alpha value is -1.20. The zero-order valence-electron chi connectivity index (χ0n) is 9.86. The van der Waals surface area contributed by atoms with Crippen molar-refractivity contribution in [3.8, 4) is 10.4 Å². The molecule has 2 atom stereocenters. The van der Waals surface area contributed by atoms with Crippen molar-refractivity contribution in [3.63, 3.8) is 0 Å². The van der Waals surface area contributed by atoms with E-state index in [1.165, 1.54) is 11.3 Å². The van der Waals surface area contributed by atoms with Crippen LogP contribution in [0.4, 0.5) is 0 Å². The van der Waals surface area contributed by atoms with Crippen LogP contribution < -0.4 is 0 Å². The molecule has 0 bridgehead atoms. The van der Waals surface area contributed by atoms with Gasteiger partial charge in [-0.25, -0.2) is 0 Å². The molecular formula is C14H16O3S. The highest BCUT2D eigenvalue weighted by atomic mass is 32.1. The maximum absolute atomic E-state index is 9.93. The summed E-state index contributed by atoms with van der Waals surface area (Å²) in [6.07, 6.45) is -1.67. The Morgan fingerprint density at radius 1 is 1.00 bits per heavy atom. The SMILES string of the molecule is OCCC(O)C(O)c1ccc(-c2ccccc2)s1. The van der Waals surface area contributed by atoms with Crippen LogP contribution >= 0.6 is 11.3 Å². The van der Waals surface area contributed by atoms with Gasteiger partial charge in [0.1, 0.15) is 6.10 Å². The molecule has 0 aliphatic carbocycles. The van der Waals surface area contributed by atoms with Crippen LogP contribution in [0.2, 0.25) is 0 Å². The minimum atomic E-state index is -0.931. The first-order chi connectivity index (χ1) is 8.72. The number of hydrogen-bond donors (Lipinski definition) is 3. The molecule has 0 radical (unpaired) electrons. The van der Waals surface area contributed by atoms with Crippen LogP contribution in [0.25, 0.3) is 10.4 Å². The summed E-state index contributed by atoms with van der Waals surface area (Å²) in [7, 11) is 0. The van der Waals surface area contributed by atoms with Crippen molar-refractivity contribution in [3.05, 3.63) is 47.3 Å². The molecule has 0 aliphatic heterocycles. The van der Waals surface area contributed by atoms with Crippen molar-refractivity contribution in [1.29, 1.82) is 0 Å². The Labute approximate surface area is 110 Å². The highest BCUT2D eigenvalue weighted by Gasteiger charge is 2.19. The Bertz CT molecular complexity index is 481. The predicted molar refractivity (Wildman–Crippen MR) is 72.4 cm³/mol. The molecule has 2 unspecified atom stereocenters. The molecule has 96 valence electrons. The molecule has 0 aliphatic rings. The third kappa shape index (κ3) is 2.97. The number of aliphatic hydroxyl groups is 3. The molecule has 1 aromatic heterocycles. The van der Waals surface area contributed by atoms with Crippen LogP contribution in [0.15, 0.2) is 42.5 Å². The summed E-state index contributed by atoms with van der Waals surface area (Å²) in [6, 6.07) is 13.6. The molecule has 3 nitrogen and oxygen atoms in total. The molecule has 4 heteroatoms. The van der Waals surface area contributed by atoms with Crippen molar-refractivity contribution >= 4 is 11.3 Å². The number of aliphatic hydroxyl groups excluding tert-OH is 3. The second kappa shape index (κ2) is 6.11. The molecule has 18 heavy (non-hydrogen) atoms. The topological polar surface area (TPSA) is 60.7 Å². The van der Waals surface area contributed by atoms with Gasteiger partial charge in [-0.1, -0.05) is 30.3 Å². The maximum Gasteiger partial charge on any atom is 0.114 e. The van der Waals surface area contributed by atoms with Gasteiger partial charge in [0, 0.05) is 16.4 Å². The molecule has 1 aromatic carbocycles. The number of hydrogen-bond acceptors (Lipinski definition) is 4. The summed E-state index contributed by atoms with van der Waals surface area (Å²) in [5.41, 5.74) is 1.09. The van der Waals surface area contributed by atoms with Gasteiger partial charge >= 0.3 is 0 Å². The average molecular weight is 264 g/mol. The van der Waals surface area contributed by atoms with Gasteiger partial charge in [0.2, 0.25) is 0 Å². The molecule has 1 heterocycles. The Balaban J connectivity index is 2.15. The second-order valence-electron chi connectivity index (χ2n) is 4.09. The van der Waals surface area contributed by atoms with Gasteiger partial charge in [-0.3, -0.25) is 0 Å². The smallest absolute Gasteiger partial charge is 0.114 e. The molecule has 0 saturated heterocycles. The lowest BCUT2D eigenvalue weighted by atomic mass is 10.1. The zero-order chi connectivity index (χ0) is 13.0. The first kappa shape index (κ1) is 13.2. The number of rotatable bonds is 5. The fourth-order valence-electron chi connectivity index (χ4n) is 1.75. The van der Waals surface area contributed by atoms with E-state index in [-0.39, 0.29) is 13.0 Å². The van der Waals surface area contributed by atoms with Gasteiger partial charge in [-0.15, -0.1) is 11.3 Å². The standard InChI is InChI=1S/C14H16O3S/c15-9-8-11(16)14(17)13-7-6-12(18-13)10-4-2-1-3-5-10/h1-7,11,14-17H,8-9H2. The van der Waals surface area contributed by atoms with E-state index in [0.717, 1.165) is 15.3 Å². The largest absolute Gasteiger partial charge is 0.396 e. The molecule has 2 aromatic rings. The summed E-state index contributed by atoms with van der Waals surface area (Å²) >= 11 is 1.46. The minimum Gasteiger partial charge on any atom is -0.396 e. The van der Waals surface area contributed by atoms with E-state index in [2.05, 4.69) is 0 Å². The van der Waals surface area contributed by atoms with Gasteiger partial charge in [0.15, 0.2) is 0 Å². The highest BCUT2D eigenvalue weighted by Crippen LogP contribution is 2.32. The van der Waals surface area contributed by atoms with Crippen LogP contribution in [-0.2, 0) is 0 Å². The van der Waals surface area contributed by atoms with Crippen molar-refractivity contribution in [2.45, 2.75) is 18.6 Å². The van der Waals surface area contributed by atoms with Crippen molar-refractivity contribution in [2.75, 3.05) is 6.61 Å². The molecule has 2 rings (SSSR count). The van der Waals surface area contributed by atoms with Crippen LogP contribution in [0, 0.1) is 0 Å². The summed E-state index contributed by atoms with van der Waals surface area (Å²) in [4.78, 5) is 1.77. The Morgan fingerprint density at radius 2 is 1.72 bits per heavy atom. The van der Waals surface area contributed by atoms with E-state index < -0.39 is 12.2 Å². The van der Waals surface area contributed by atoms with Gasteiger partial charge in [-0.2, -0.15) is 0 Å². The van der Waals surface area contributed by atoms with Crippen molar-refractivity contribution < 1.29 is 15.3 Å². The molecular weight excluding hydrogens is 248 g/mol. The summed E-state index contributed by atoms with van der Waals surface area (Å²) in [5, 5.41) is 28.3. The lowest BCUT2D eigenvalue weighted by Gasteiger charge is -2.14. The van der Waals surface area contributed by atoms with E-state index in [9.17, 15) is 10.2 Å². The van der Waals surface area contributed by atoms with E-state index in [1.807, 2.05) is 42.5 Å². The third-order valence-corrected chi connectivity index (χ3v) is 3.97. The summed E-state index contributed by atoms with van der Waals surface area (Å²) in [6.45, 7) is -0.130. The second-order valence-corrected chi connectivity index (χ2v) is 5.21. The molecule has 0 amide bonds. The maximum atomic E-state index is 9.93. The van der Waals surface area contributed by atoms with Gasteiger partial charge in [-0.05, 0) is 24.1 Å². The minimum absolute atomic E-state index is 0.130. The monoisotopic (exact) mass is 264 g/mol. The first-order valence-corrected chi connectivity index (χ1v) is 6.66. The number of thiophene rings is 1. The fraction of sp³-hybridized carbons (Fsp3) is 0.286. The number of benzene rings is 1. The van der Waals surface area contributed by atoms with Crippen LogP contribution in [0.1, 0.15) is 17.4 Å². The molecule has 0 saturated carbocycles. The van der Waals surface area contributed by atoms with Gasteiger partial charge in [0.05, 0.1) is 6.10 Å². The van der Waals surface area contributed by atoms with E-state index in [0.29, 0.717) is 0 Å². The lowest BCUT2D eigenvalue weighted by Crippen LogP contribution is -2.18. The fourth-order valence-corrected chi connectivity index (χ4v) is 2.81. The molecule has 0 fully saturated rings. The van der Waals surface area contributed by atoms with Crippen molar-refractivity contribution in [1.82, 2.24) is 0 Å². The predicted octanol–water partition coefficient (Wildman–Crippen LogP) is 2.19. The Morgan fingerprint density at radius 3 is 2.39 bits per heavy atom. The van der Waals surface area contributed by atoms with Gasteiger partial charge in [0.25, 0.3) is 0 Å². The van der Waals surface area contributed by atoms with Crippen LogP contribution in [-0.4, -0.2) is 28.0 Å². The van der Waals surface area contributed by atoms with E-state index >= 15 is 0 Å². The van der Waals surface area contributed by atoms with Crippen LogP contribution in [0.5, 0.6) is 0 Å². The highest BCUT2D eigenvalue weighted by molar-refractivity contribution is 7.15. The van der Waals surface area contributed by atoms with Crippen molar-refractivity contribution in [2.24, 2.45) is 0 Å². The average Bonchev–Trinajstić information content (AvgIpc) is 2.89.